The van der Waals surface area contributed by atoms with Gasteiger partial charge in [0.05, 0.1) is 0 Å². The molecule has 1 amide bonds. The van der Waals surface area contributed by atoms with Crippen molar-refractivity contribution >= 4 is 17.5 Å². The van der Waals surface area contributed by atoms with Gasteiger partial charge >= 0.3 is 0 Å². The number of aromatic nitrogens is 2. The van der Waals surface area contributed by atoms with E-state index in [1.807, 2.05) is 46.8 Å². The lowest BCUT2D eigenvalue weighted by atomic mass is 9.91. The number of hydrogen-bond donors (Lipinski definition) is 1. The Morgan fingerprint density at radius 1 is 1.25 bits per heavy atom. The summed E-state index contributed by atoms with van der Waals surface area (Å²) in [4.78, 5) is 16.7. The molecule has 0 saturated heterocycles. The third-order valence-corrected chi connectivity index (χ3v) is 3.74. The Morgan fingerprint density at radius 2 is 1.88 bits per heavy atom. The molecule has 1 aromatic heterocycles. The molecule has 1 heterocycles. The van der Waals surface area contributed by atoms with Gasteiger partial charge in [0, 0.05) is 17.0 Å². The molecule has 5 nitrogen and oxygen atoms in total. The first kappa shape index (κ1) is 18.5. The number of nitrogens with one attached hydrogen (secondary N) is 1. The molecule has 2 aromatic rings. The Kier molecular flexibility index (Phi) is 5.65. The first-order valence-corrected chi connectivity index (χ1v) is 8.42. The molecule has 1 N–H and O–H groups in total. The zero-order chi connectivity index (χ0) is 17.9. The maximum Gasteiger partial charge on any atom is 0.249 e. The van der Waals surface area contributed by atoms with Gasteiger partial charge < -0.3 is 9.84 Å². The van der Waals surface area contributed by atoms with Crippen LogP contribution in [0.4, 0.5) is 0 Å². The molecular formula is C18H24ClN3O2. The van der Waals surface area contributed by atoms with Crippen LogP contribution >= 0.6 is 11.6 Å². The van der Waals surface area contributed by atoms with Crippen LogP contribution in [0, 0.1) is 11.3 Å². The van der Waals surface area contributed by atoms with E-state index in [1.165, 1.54) is 0 Å². The summed E-state index contributed by atoms with van der Waals surface area (Å²) >= 11 is 5.89. The lowest BCUT2D eigenvalue weighted by Crippen LogP contribution is -2.34. The molecule has 0 spiro atoms. The predicted molar refractivity (Wildman–Crippen MR) is 94.5 cm³/mol. The highest BCUT2D eigenvalue weighted by atomic mass is 35.5. The zero-order valence-electron chi connectivity index (χ0n) is 14.8. The van der Waals surface area contributed by atoms with Crippen LogP contribution in [-0.2, 0) is 4.79 Å². The summed E-state index contributed by atoms with van der Waals surface area (Å²) in [5, 5.41) is 7.68. The van der Waals surface area contributed by atoms with Crippen LogP contribution in [-0.4, -0.2) is 16.0 Å². The van der Waals surface area contributed by atoms with E-state index in [1.54, 1.807) is 12.1 Å². The maximum atomic E-state index is 12.2. The summed E-state index contributed by atoms with van der Waals surface area (Å²) < 4.78 is 5.39. The van der Waals surface area contributed by atoms with Gasteiger partial charge in [0.1, 0.15) is 6.04 Å². The summed E-state index contributed by atoms with van der Waals surface area (Å²) in [5.41, 5.74) is 0.743. The van der Waals surface area contributed by atoms with E-state index >= 15 is 0 Å². The quantitative estimate of drug-likeness (QED) is 0.853. The van der Waals surface area contributed by atoms with Gasteiger partial charge in [0.25, 0.3) is 0 Å². The molecule has 1 unspecified atom stereocenters. The average molecular weight is 350 g/mol. The second-order valence-electron chi connectivity index (χ2n) is 7.49. The summed E-state index contributed by atoms with van der Waals surface area (Å²) in [5.74, 6) is 1.01. The van der Waals surface area contributed by atoms with E-state index in [9.17, 15) is 4.79 Å². The van der Waals surface area contributed by atoms with Crippen LogP contribution in [0.15, 0.2) is 28.8 Å². The fourth-order valence-corrected chi connectivity index (χ4v) is 2.42. The first-order valence-electron chi connectivity index (χ1n) is 8.04. The summed E-state index contributed by atoms with van der Waals surface area (Å²) in [6, 6.07) is 6.91. The lowest BCUT2D eigenvalue weighted by Gasteiger charge is -2.22. The molecule has 0 aliphatic rings. The predicted octanol–water partition coefficient (Wildman–Crippen LogP) is 4.64. The van der Waals surface area contributed by atoms with Crippen molar-refractivity contribution in [2.45, 2.75) is 47.1 Å². The van der Waals surface area contributed by atoms with Gasteiger partial charge in [-0.1, -0.05) is 51.4 Å². The minimum absolute atomic E-state index is 0.0209. The molecule has 0 saturated carbocycles. The number of hydrogen-bond acceptors (Lipinski definition) is 4. The molecule has 130 valence electrons. The molecule has 24 heavy (non-hydrogen) atoms. The van der Waals surface area contributed by atoms with Crippen LogP contribution in [0.3, 0.4) is 0 Å². The standard InChI is InChI=1S/C18H24ClN3O2/c1-11(2)15(20-14(23)10-18(3,4)5)17-21-16(22-24-17)12-6-8-13(19)9-7-12/h6-9,11,15H,10H2,1-5H3,(H,20,23). The van der Waals surface area contributed by atoms with Gasteiger partial charge in [-0.25, -0.2) is 0 Å². The van der Waals surface area contributed by atoms with Gasteiger partial charge in [-0.05, 0) is 35.6 Å². The third-order valence-electron chi connectivity index (χ3n) is 3.48. The van der Waals surface area contributed by atoms with Gasteiger partial charge in [-0.2, -0.15) is 4.98 Å². The molecule has 0 radical (unpaired) electrons. The lowest BCUT2D eigenvalue weighted by molar-refractivity contribution is -0.124. The van der Waals surface area contributed by atoms with E-state index < -0.39 is 0 Å². The Morgan fingerprint density at radius 3 is 2.42 bits per heavy atom. The highest BCUT2D eigenvalue weighted by molar-refractivity contribution is 6.30. The van der Waals surface area contributed by atoms with E-state index in [-0.39, 0.29) is 23.3 Å². The second kappa shape index (κ2) is 7.34. The van der Waals surface area contributed by atoms with Crippen molar-refractivity contribution in [3.63, 3.8) is 0 Å². The van der Waals surface area contributed by atoms with Crippen molar-refractivity contribution in [2.75, 3.05) is 0 Å². The number of halogens is 1. The van der Waals surface area contributed by atoms with Crippen molar-refractivity contribution in [3.8, 4) is 11.4 Å². The number of carbonyl (C=O) groups excluding carboxylic acids is 1. The van der Waals surface area contributed by atoms with Crippen molar-refractivity contribution in [1.82, 2.24) is 15.5 Å². The SMILES string of the molecule is CC(C)C(NC(=O)CC(C)(C)C)c1nc(-c2ccc(Cl)cc2)no1. The summed E-state index contributed by atoms with van der Waals surface area (Å²) in [6.07, 6.45) is 0.439. The fourth-order valence-electron chi connectivity index (χ4n) is 2.30. The topological polar surface area (TPSA) is 68.0 Å². The molecule has 0 aliphatic heterocycles. The maximum absolute atomic E-state index is 12.2. The molecule has 1 aromatic carbocycles. The number of amides is 1. The molecule has 0 aliphatic carbocycles. The van der Waals surface area contributed by atoms with Crippen molar-refractivity contribution < 1.29 is 9.32 Å². The monoisotopic (exact) mass is 349 g/mol. The molecule has 0 bridgehead atoms. The molecule has 6 heteroatoms. The smallest absolute Gasteiger partial charge is 0.249 e. The number of benzene rings is 1. The Labute approximate surface area is 147 Å². The van der Waals surface area contributed by atoms with E-state index in [2.05, 4.69) is 15.5 Å². The summed E-state index contributed by atoms with van der Waals surface area (Å²) in [7, 11) is 0. The zero-order valence-corrected chi connectivity index (χ0v) is 15.5. The number of nitrogens with zero attached hydrogens (tertiary/aromatic N) is 2. The van der Waals surface area contributed by atoms with E-state index in [4.69, 9.17) is 16.1 Å². The van der Waals surface area contributed by atoms with Crippen LogP contribution in [0.2, 0.25) is 5.02 Å². The molecule has 2 rings (SSSR count). The van der Waals surface area contributed by atoms with Gasteiger partial charge in [-0.15, -0.1) is 0 Å². The molecule has 0 fully saturated rings. The Hall–Kier alpha value is -1.88. The van der Waals surface area contributed by atoms with Crippen LogP contribution in [0.25, 0.3) is 11.4 Å². The minimum atomic E-state index is -0.312. The van der Waals surface area contributed by atoms with Gasteiger partial charge in [0.2, 0.25) is 17.6 Å². The Balaban J connectivity index is 2.17. The largest absolute Gasteiger partial charge is 0.344 e. The normalized spacial score (nSPS) is 13.1. The van der Waals surface area contributed by atoms with Crippen LogP contribution < -0.4 is 5.32 Å². The highest BCUT2D eigenvalue weighted by Crippen LogP contribution is 2.25. The first-order chi connectivity index (χ1) is 11.2. The van der Waals surface area contributed by atoms with Crippen molar-refractivity contribution in [1.29, 1.82) is 0 Å². The number of carbonyl (C=O) groups is 1. The Bertz CT molecular complexity index is 687. The van der Waals surface area contributed by atoms with Gasteiger partial charge in [0.15, 0.2) is 0 Å². The fraction of sp³-hybridized carbons (Fsp3) is 0.500. The minimum Gasteiger partial charge on any atom is -0.344 e. The second-order valence-corrected chi connectivity index (χ2v) is 7.93. The highest BCUT2D eigenvalue weighted by Gasteiger charge is 2.26. The summed E-state index contributed by atoms with van der Waals surface area (Å²) in [6.45, 7) is 10.1. The van der Waals surface area contributed by atoms with E-state index in [0.29, 0.717) is 23.2 Å². The van der Waals surface area contributed by atoms with Crippen molar-refractivity contribution in [2.24, 2.45) is 11.3 Å². The van der Waals surface area contributed by atoms with Crippen LogP contribution in [0.1, 0.15) is 53.0 Å². The van der Waals surface area contributed by atoms with Crippen LogP contribution in [0.5, 0.6) is 0 Å². The van der Waals surface area contributed by atoms with Gasteiger partial charge in [-0.3, -0.25) is 4.79 Å². The van der Waals surface area contributed by atoms with Crippen molar-refractivity contribution in [3.05, 3.63) is 35.2 Å². The molecule has 1 atom stereocenters. The number of rotatable bonds is 5. The van der Waals surface area contributed by atoms with E-state index in [0.717, 1.165) is 5.56 Å². The average Bonchev–Trinajstić information content (AvgIpc) is 2.92. The third kappa shape index (κ3) is 5.06. The molecular weight excluding hydrogens is 326 g/mol.